The Labute approximate surface area is 102 Å². The first kappa shape index (κ1) is 10.8. The summed E-state index contributed by atoms with van der Waals surface area (Å²) in [6.45, 7) is 0. The number of fused-ring (bicyclic) bond motifs is 2. The molecule has 0 saturated heterocycles. The summed E-state index contributed by atoms with van der Waals surface area (Å²) in [5.74, 6) is -1.06. The molecule has 0 fully saturated rings. The van der Waals surface area contributed by atoms with Crippen molar-refractivity contribution in [1.82, 2.24) is 0 Å². The maximum Gasteiger partial charge on any atom is 0.351 e. The lowest BCUT2D eigenvalue weighted by atomic mass is 9.85. The average Bonchev–Trinajstić information content (AvgIpc) is 2.39. The van der Waals surface area contributed by atoms with Crippen LogP contribution in [0.2, 0.25) is 0 Å². The van der Waals surface area contributed by atoms with Crippen LogP contribution in [-0.2, 0) is 10.5 Å². The van der Waals surface area contributed by atoms with Crippen LogP contribution in [0.5, 0.6) is 11.5 Å². The molecule has 3 nitrogen and oxygen atoms in total. The number of carboxylic acid groups (broad SMARTS) is 1. The van der Waals surface area contributed by atoms with Gasteiger partial charge in [0.15, 0.2) is 0 Å². The second kappa shape index (κ2) is 3.57. The summed E-state index contributed by atoms with van der Waals surface area (Å²) in [7, 11) is 0. The second-order valence-corrected chi connectivity index (χ2v) is 4.06. The molecule has 2 aromatic carbocycles. The Kier molecular flexibility index (Phi) is 2.13. The molecule has 0 unspecified atom stereocenters. The number of aliphatic carboxylic acids is 1. The summed E-state index contributed by atoms with van der Waals surface area (Å²) in [6, 6.07) is 12.5. The molecular formula is C14H9FO3. The first-order valence-corrected chi connectivity index (χ1v) is 5.43. The third-order valence-corrected chi connectivity index (χ3v) is 3.03. The van der Waals surface area contributed by atoms with Gasteiger partial charge in [-0.05, 0) is 12.1 Å². The van der Waals surface area contributed by atoms with Crippen LogP contribution in [-0.4, -0.2) is 11.1 Å². The van der Waals surface area contributed by atoms with E-state index in [1.807, 2.05) is 0 Å². The predicted octanol–water partition coefficient (Wildman–Crippen LogP) is 3.09. The standard InChI is InChI=1S/C14H9FO3/c15-14(13(16)17)9-5-1-3-7-11(9)18-12-8-4-2-6-10(12)14/h1-8H,(H,16,17). The highest BCUT2D eigenvalue weighted by molar-refractivity contribution is 5.87. The Morgan fingerprint density at radius 3 is 1.89 bits per heavy atom. The van der Waals surface area contributed by atoms with Crippen molar-refractivity contribution in [3.63, 3.8) is 0 Å². The van der Waals surface area contributed by atoms with E-state index in [1.165, 1.54) is 12.1 Å². The van der Waals surface area contributed by atoms with Crippen LogP contribution in [0, 0.1) is 0 Å². The van der Waals surface area contributed by atoms with Crippen LogP contribution < -0.4 is 4.74 Å². The SMILES string of the molecule is O=C(O)C1(F)c2ccccc2Oc2ccccc21. The van der Waals surface area contributed by atoms with E-state index in [1.54, 1.807) is 36.4 Å². The van der Waals surface area contributed by atoms with Gasteiger partial charge in [0.2, 0.25) is 0 Å². The molecule has 0 amide bonds. The zero-order chi connectivity index (χ0) is 12.8. The minimum Gasteiger partial charge on any atom is -0.478 e. The van der Waals surface area contributed by atoms with E-state index < -0.39 is 11.6 Å². The van der Waals surface area contributed by atoms with Crippen molar-refractivity contribution in [2.24, 2.45) is 0 Å². The number of carboxylic acids is 1. The monoisotopic (exact) mass is 244 g/mol. The summed E-state index contributed by atoms with van der Waals surface area (Å²) < 4.78 is 20.5. The predicted molar refractivity (Wildman–Crippen MR) is 62.5 cm³/mol. The third kappa shape index (κ3) is 1.26. The molecule has 4 heteroatoms. The molecule has 0 atom stereocenters. The van der Waals surface area contributed by atoms with Gasteiger partial charge in [0, 0.05) is 11.1 Å². The molecule has 0 aliphatic carbocycles. The van der Waals surface area contributed by atoms with Crippen LogP contribution in [0.1, 0.15) is 11.1 Å². The Morgan fingerprint density at radius 1 is 1.00 bits per heavy atom. The van der Waals surface area contributed by atoms with Gasteiger partial charge in [-0.15, -0.1) is 0 Å². The van der Waals surface area contributed by atoms with Crippen LogP contribution in [0.25, 0.3) is 0 Å². The number of halogens is 1. The van der Waals surface area contributed by atoms with E-state index in [0.717, 1.165) is 0 Å². The smallest absolute Gasteiger partial charge is 0.351 e. The molecule has 1 N–H and O–H groups in total. The summed E-state index contributed by atoms with van der Waals surface area (Å²) in [5, 5.41) is 9.26. The largest absolute Gasteiger partial charge is 0.478 e. The number of benzene rings is 2. The van der Waals surface area contributed by atoms with E-state index in [-0.39, 0.29) is 22.6 Å². The van der Waals surface area contributed by atoms with Gasteiger partial charge in [-0.25, -0.2) is 9.18 Å². The first-order chi connectivity index (χ1) is 8.64. The summed E-state index contributed by atoms with van der Waals surface area (Å²) in [5.41, 5.74) is -2.52. The van der Waals surface area contributed by atoms with Gasteiger partial charge in [-0.1, -0.05) is 36.4 Å². The molecular weight excluding hydrogens is 235 g/mol. The molecule has 0 radical (unpaired) electrons. The fourth-order valence-corrected chi connectivity index (χ4v) is 2.17. The molecule has 90 valence electrons. The zero-order valence-corrected chi connectivity index (χ0v) is 9.26. The minimum atomic E-state index is -2.56. The van der Waals surface area contributed by atoms with Gasteiger partial charge in [0.25, 0.3) is 5.67 Å². The molecule has 3 rings (SSSR count). The zero-order valence-electron chi connectivity index (χ0n) is 9.26. The summed E-state index contributed by atoms with van der Waals surface area (Å²) in [4.78, 5) is 11.4. The van der Waals surface area contributed by atoms with Crippen LogP contribution in [0.15, 0.2) is 48.5 Å². The van der Waals surface area contributed by atoms with Crippen molar-refractivity contribution >= 4 is 5.97 Å². The summed E-state index contributed by atoms with van der Waals surface area (Å²) in [6.07, 6.45) is 0. The lowest BCUT2D eigenvalue weighted by Crippen LogP contribution is -2.35. The van der Waals surface area contributed by atoms with E-state index >= 15 is 4.39 Å². The van der Waals surface area contributed by atoms with Gasteiger partial charge < -0.3 is 9.84 Å². The van der Waals surface area contributed by atoms with Crippen molar-refractivity contribution in [3.05, 3.63) is 59.7 Å². The molecule has 0 aromatic heterocycles. The molecule has 0 spiro atoms. The number of alkyl halides is 1. The highest BCUT2D eigenvalue weighted by atomic mass is 19.1. The van der Waals surface area contributed by atoms with Gasteiger partial charge in [0.1, 0.15) is 11.5 Å². The lowest BCUT2D eigenvalue weighted by Gasteiger charge is -2.30. The van der Waals surface area contributed by atoms with Crippen molar-refractivity contribution in [3.8, 4) is 11.5 Å². The number of hydrogen-bond donors (Lipinski definition) is 1. The topological polar surface area (TPSA) is 46.5 Å². The third-order valence-electron chi connectivity index (χ3n) is 3.03. The second-order valence-electron chi connectivity index (χ2n) is 4.06. The number of hydrogen-bond acceptors (Lipinski definition) is 2. The molecule has 1 aliphatic heterocycles. The quantitative estimate of drug-likeness (QED) is 0.838. The van der Waals surface area contributed by atoms with Gasteiger partial charge >= 0.3 is 5.97 Å². The fraction of sp³-hybridized carbons (Fsp3) is 0.0714. The first-order valence-electron chi connectivity index (χ1n) is 5.43. The van der Waals surface area contributed by atoms with Crippen molar-refractivity contribution < 1.29 is 19.0 Å². The van der Waals surface area contributed by atoms with Gasteiger partial charge in [0.05, 0.1) is 0 Å². The Balaban J connectivity index is 2.34. The van der Waals surface area contributed by atoms with Crippen LogP contribution >= 0.6 is 0 Å². The van der Waals surface area contributed by atoms with Gasteiger partial charge in [-0.2, -0.15) is 0 Å². The van der Waals surface area contributed by atoms with E-state index in [4.69, 9.17) is 4.74 Å². The van der Waals surface area contributed by atoms with E-state index in [9.17, 15) is 9.90 Å². The average molecular weight is 244 g/mol. The van der Waals surface area contributed by atoms with Crippen molar-refractivity contribution in [1.29, 1.82) is 0 Å². The Bertz CT molecular complexity index is 591. The van der Waals surface area contributed by atoms with Crippen molar-refractivity contribution in [2.75, 3.05) is 0 Å². The van der Waals surface area contributed by atoms with Crippen LogP contribution in [0.4, 0.5) is 4.39 Å². The fourth-order valence-electron chi connectivity index (χ4n) is 2.17. The van der Waals surface area contributed by atoms with E-state index in [0.29, 0.717) is 0 Å². The Hall–Kier alpha value is -2.36. The number of ether oxygens (including phenoxy) is 1. The highest BCUT2D eigenvalue weighted by Crippen LogP contribution is 2.48. The number of carbonyl (C=O) groups is 1. The van der Waals surface area contributed by atoms with Gasteiger partial charge in [-0.3, -0.25) is 0 Å². The summed E-state index contributed by atoms with van der Waals surface area (Å²) >= 11 is 0. The van der Waals surface area contributed by atoms with Crippen molar-refractivity contribution in [2.45, 2.75) is 5.67 Å². The lowest BCUT2D eigenvalue weighted by molar-refractivity contribution is -0.149. The van der Waals surface area contributed by atoms with Crippen LogP contribution in [0.3, 0.4) is 0 Å². The molecule has 1 heterocycles. The maximum absolute atomic E-state index is 15.0. The minimum absolute atomic E-state index is 0.0243. The molecule has 0 bridgehead atoms. The van der Waals surface area contributed by atoms with E-state index in [2.05, 4.69) is 0 Å². The maximum atomic E-state index is 15.0. The molecule has 0 saturated carbocycles. The highest BCUT2D eigenvalue weighted by Gasteiger charge is 2.49. The molecule has 1 aliphatic rings. The number of rotatable bonds is 1. The Morgan fingerprint density at radius 2 is 1.44 bits per heavy atom. The molecule has 2 aromatic rings. The molecule has 18 heavy (non-hydrogen) atoms. The normalized spacial score (nSPS) is 15.2. The number of para-hydroxylation sites is 2.